The molecule has 1 fully saturated rings. The summed E-state index contributed by atoms with van der Waals surface area (Å²) in [6.45, 7) is 0.412. The number of benzene rings is 4. The highest BCUT2D eigenvalue weighted by Gasteiger charge is 2.49. The highest BCUT2D eigenvalue weighted by atomic mass is 32.2. The van der Waals surface area contributed by atoms with Crippen molar-refractivity contribution in [2.75, 3.05) is 63.8 Å². The molecular weight excluding hydrogens is 911 g/mol. The van der Waals surface area contributed by atoms with Crippen LogP contribution < -0.4 is 20.9 Å². The molecule has 0 aliphatic carbocycles. The van der Waals surface area contributed by atoms with Gasteiger partial charge in [0.25, 0.3) is 21.9 Å². The summed E-state index contributed by atoms with van der Waals surface area (Å²) in [5.41, 5.74) is 1.23. The minimum absolute atomic E-state index is 0.0774. The molecule has 5 aromatic rings. The summed E-state index contributed by atoms with van der Waals surface area (Å²) in [5, 5.41) is 78.2. The maximum atomic E-state index is 13.4. The zero-order valence-corrected chi connectivity index (χ0v) is 38.1. The Morgan fingerprint density at radius 1 is 0.882 bits per heavy atom. The van der Waals surface area contributed by atoms with Crippen molar-refractivity contribution < 1.29 is 67.0 Å². The Hall–Kier alpha value is -6.03. The average Bonchev–Trinajstić information content (AvgIpc) is 3.79. The molecule has 2 unspecified atom stereocenters. The molecular formula is C44H55N9O14S. The Kier molecular flexibility index (Phi) is 17.6. The van der Waals surface area contributed by atoms with Crippen LogP contribution in [0.5, 0.6) is 0 Å². The van der Waals surface area contributed by atoms with E-state index in [4.69, 9.17) is 18.9 Å². The van der Waals surface area contributed by atoms with E-state index in [0.29, 0.717) is 33.7 Å². The van der Waals surface area contributed by atoms with Gasteiger partial charge in [-0.25, -0.2) is 4.68 Å². The number of nitrogens with one attached hydrogen (secondary N) is 3. The van der Waals surface area contributed by atoms with Crippen LogP contribution in [0.2, 0.25) is 0 Å². The van der Waals surface area contributed by atoms with E-state index in [0.717, 1.165) is 12.6 Å². The Labute approximate surface area is 391 Å². The van der Waals surface area contributed by atoms with Crippen LogP contribution in [0.4, 0.5) is 22.7 Å². The van der Waals surface area contributed by atoms with Crippen molar-refractivity contribution >= 4 is 55.5 Å². The third-order valence-corrected chi connectivity index (χ3v) is 11.6. The van der Waals surface area contributed by atoms with Gasteiger partial charge in [0.1, 0.15) is 35.0 Å². The van der Waals surface area contributed by atoms with Gasteiger partial charge in [-0.2, -0.15) is 18.6 Å². The van der Waals surface area contributed by atoms with Gasteiger partial charge in [0.2, 0.25) is 0 Å². The molecule has 1 aliphatic heterocycles. The van der Waals surface area contributed by atoms with Crippen LogP contribution in [-0.2, 0) is 46.9 Å². The highest BCUT2D eigenvalue weighted by Crippen LogP contribution is 2.30. The van der Waals surface area contributed by atoms with Gasteiger partial charge in [-0.3, -0.25) is 14.1 Å². The first-order chi connectivity index (χ1) is 32.5. The van der Waals surface area contributed by atoms with Crippen molar-refractivity contribution in [3.05, 3.63) is 102 Å². The van der Waals surface area contributed by atoms with Gasteiger partial charge in [0, 0.05) is 54.9 Å². The minimum Gasteiger partial charge on any atom is -0.394 e. The molecule has 0 spiro atoms. The smallest absolute Gasteiger partial charge is 0.295 e. The number of anilines is 2. The number of fused-ring (bicyclic) bond motifs is 1. The number of carbonyl (C=O) groups excluding carboxylic acids is 2. The molecule has 6 rings (SSSR count). The monoisotopic (exact) mass is 965 g/mol. The van der Waals surface area contributed by atoms with Gasteiger partial charge in [-0.1, -0.05) is 29.5 Å². The third-order valence-electron chi connectivity index (χ3n) is 10.7. The summed E-state index contributed by atoms with van der Waals surface area (Å²) in [7, 11) is -0.598. The highest BCUT2D eigenvalue weighted by molar-refractivity contribution is 7.86. The Bertz CT molecular complexity index is 2600. The molecule has 0 saturated carbocycles. The molecule has 1 aliphatic rings. The SMILES string of the molecule is CN(C)c1ccc(N=Nc2ccc(C(=O)NCc3cn(CCOCCOC(O[C@@H]4O[C@H](CO)[C@@H](O)[C@H](O)[C@H]4O)C(C)(O)C(=O)NCCNc4cccc5c(S(=O)(=O)O)cccc45)nn3)cc2)cc1. The zero-order valence-electron chi connectivity index (χ0n) is 37.3. The number of ether oxygens (including phenoxy) is 4. The lowest BCUT2D eigenvalue weighted by molar-refractivity contribution is -0.355. The van der Waals surface area contributed by atoms with Gasteiger partial charge < -0.3 is 65.3 Å². The van der Waals surface area contributed by atoms with Crippen LogP contribution >= 0.6 is 0 Å². The summed E-state index contributed by atoms with van der Waals surface area (Å²) in [6, 6.07) is 23.4. The molecule has 366 valence electrons. The van der Waals surface area contributed by atoms with Crippen LogP contribution in [0, 0.1) is 0 Å². The van der Waals surface area contributed by atoms with E-state index in [1.54, 1.807) is 48.7 Å². The van der Waals surface area contributed by atoms with Crippen LogP contribution in [0.1, 0.15) is 23.0 Å². The summed E-state index contributed by atoms with van der Waals surface area (Å²) >= 11 is 0. The summed E-state index contributed by atoms with van der Waals surface area (Å²) < 4.78 is 57.5. The third kappa shape index (κ3) is 13.4. The zero-order chi connectivity index (χ0) is 49.0. The van der Waals surface area contributed by atoms with Crippen molar-refractivity contribution in [3.63, 3.8) is 0 Å². The lowest BCUT2D eigenvalue weighted by atomic mass is 9.99. The number of hydrogen-bond donors (Lipinski definition) is 9. The molecule has 23 nitrogen and oxygen atoms in total. The molecule has 68 heavy (non-hydrogen) atoms. The number of rotatable bonds is 23. The average molecular weight is 966 g/mol. The normalized spacial score (nSPS) is 19.9. The van der Waals surface area contributed by atoms with Gasteiger partial charge in [0.05, 0.1) is 57.1 Å². The molecule has 4 aromatic carbocycles. The fourth-order valence-electron chi connectivity index (χ4n) is 6.84. The number of aliphatic hydroxyl groups excluding tert-OH is 4. The molecule has 1 aromatic heterocycles. The number of aliphatic hydroxyl groups is 5. The number of azo groups is 1. The first-order valence-corrected chi connectivity index (χ1v) is 22.8. The van der Waals surface area contributed by atoms with Crippen molar-refractivity contribution in [1.82, 2.24) is 25.6 Å². The van der Waals surface area contributed by atoms with Gasteiger partial charge >= 0.3 is 0 Å². The second kappa shape index (κ2) is 23.3. The molecule has 24 heteroatoms. The fourth-order valence-corrected chi connectivity index (χ4v) is 7.55. The molecule has 0 radical (unpaired) electrons. The molecule has 2 amide bonds. The van der Waals surface area contributed by atoms with Crippen LogP contribution in [0.3, 0.4) is 0 Å². The lowest BCUT2D eigenvalue weighted by Gasteiger charge is -2.42. The van der Waals surface area contributed by atoms with Crippen molar-refractivity contribution in [2.45, 2.75) is 67.5 Å². The second-order valence-electron chi connectivity index (χ2n) is 15.9. The van der Waals surface area contributed by atoms with E-state index in [1.165, 1.54) is 22.9 Å². The predicted octanol–water partition coefficient (Wildman–Crippen LogP) is 1.24. The van der Waals surface area contributed by atoms with E-state index < -0.39 is 65.2 Å². The fraction of sp³-hybridized carbons (Fsp3) is 0.409. The molecule has 2 heterocycles. The van der Waals surface area contributed by atoms with Crippen LogP contribution in [-0.4, -0.2) is 162 Å². The quantitative estimate of drug-likeness (QED) is 0.0192. The van der Waals surface area contributed by atoms with Crippen molar-refractivity contribution in [1.29, 1.82) is 0 Å². The molecule has 9 N–H and O–H groups in total. The van der Waals surface area contributed by atoms with Gasteiger partial charge in [-0.15, -0.1) is 5.10 Å². The predicted molar refractivity (Wildman–Crippen MR) is 244 cm³/mol. The molecule has 0 bridgehead atoms. The Morgan fingerprint density at radius 3 is 2.24 bits per heavy atom. The van der Waals surface area contributed by atoms with Gasteiger partial charge in [0.15, 0.2) is 18.2 Å². The lowest BCUT2D eigenvalue weighted by Crippen LogP contribution is -2.62. The number of aromatic nitrogens is 3. The van der Waals surface area contributed by atoms with Crippen LogP contribution in [0.25, 0.3) is 10.8 Å². The summed E-state index contributed by atoms with van der Waals surface area (Å²) in [4.78, 5) is 28.0. The van der Waals surface area contributed by atoms with E-state index in [9.17, 15) is 48.1 Å². The first kappa shape index (κ1) is 51.4. The first-order valence-electron chi connectivity index (χ1n) is 21.3. The Balaban J connectivity index is 0.968. The minimum atomic E-state index is -4.50. The maximum Gasteiger partial charge on any atom is 0.295 e. The largest absolute Gasteiger partial charge is 0.394 e. The number of carbonyl (C=O) groups is 2. The second-order valence-corrected chi connectivity index (χ2v) is 17.3. The number of nitrogens with zero attached hydrogens (tertiary/aromatic N) is 6. The summed E-state index contributed by atoms with van der Waals surface area (Å²) in [5.74, 6) is -1.32. The summed E-state index contributed by atoms with van der Waals surface area (Å²) in [6.07, 6.45) is -8.78. The van der Waals surface area contributed by atoms with Crippen molar-refractivity contribution in [2.24, 2.45) is 10.2 Å². The topological polar surface area (TPSA) is 321 Å². The Morgan fingerprint density at radius 2 is 1.56 bits per heavy atom. The van der Waals surface area contributed by atoms with E-state index in [2.05, 4.69) is 36.5 Å². The van der Waals surface area contributed by atoms with Gasteiger partial charge in [-0.05, 0) is 67.6 Å². The van der Waals surface area contributed by atoms with Crippen molar-refractivity contribution in [3.8, 4) is 0 Å². The standard InChI is InChI=1S/C44H55N9O14S/c1-44(60,42(59)46-19-18-45-34-8-4-7-33-32(34)6-5-9-36(33)68(61,62)63)43(67-41-39(57)38(56)37(55)35(26-54)66-41)65-23-22-64-21-20-53-25-30(50-51-53)24-47-40(58)27-10-12-28(13-11-27)48-49-29-14-16-31(17-15-29)52(2)3/h4-17,25,35,37-39,41,43,45,54-57,60H,18-24,26H2,1-3H3,(H,46,59)(H,47,58)(H,61,62,63)/t35-,37-,38+,39-,41+,43?,44?/m1/s1. The molecule has 1 saturated heterocycles. The van der Waals surface area contributed by atoms with E-state index >= 15 is 0 Å². The maximum absolute atomic E-state index is 13.4. The van der Waals surface area contributed by atoms with E-state index in [1.807, 2.05) is 43.3 Å². The van der Waals surface area contributed by atoms with E-state index in [-0.39, 0.29) is 62.2 Å². The van der Waals surface area contributed by atoms with Crippen LogP contribution in [0.15, 0.2) is 106 Å². The number of hydrogen-bond acceptors (Lipinski definition) is 19. The molecule has 7 atom stereocenters. The number of amides is 2.